The van der Waals surface area contributed by atoms with E-state index in [4.69, 9.17) is 5.84 Å². The summed E-state index contributed by atoms with van der Waals surface area (Å²) in [6, 6.07) is 4.37. The molecule has 0 radical (unpaired) electrons. The third-order valence-corrected chi connectivity index (χ3v) is 2.78. The van der Waals surface area contributed by atoms with Crippen molar-refractivity contribution >= 4 is 11.6 Å². The topological polar surface area (TPSA) is 58.4 Å². The van der Waals surface area contributed by atoms with Gasteiger partial charge in [0, 0.05) is 13.1 Å². The molecule has 0 bridgehead atoms. The average Bonchev–Trinajstić information content (AvgIpc) is 2.81. The maximum absolute atomic E-state index is 13.4. The van der Waals surface area contributed by atoms with E-state index in [0.29, 0.717) is 5.56 Å². The summed E-state index contributed by atoms with van der Waals surface area (Å²) in [6.45, 7) is 1.47. The van der Waals surface area contributed by atoms with Crippen molar-refractivity contribution in [2.75, 3.05) is 18.5 Å². The number of carbonyl (C=O) groups is 1. The highest BCUT2D eigenvalue weighted by Gasteiger charge is 2.22. The maximum atomic E-state index is 13.4. The Morgan fingerprint density at radius 3 is 2.69 bits per heavy atom. The monoisotopic (exact) mass is 223 g/mol. The van der Waals surface area contributed by atoms with Gasteiger partial charge in [-0.15, -0.1) is 0 Å². The van der Waals surface area contributed by atoms with E-state index in [1.54, 1.807) is 11.0 Å². The second-order valence-electron chi connectivity index (χ2n) is 3.81. The highest BCUT2D eigenvalue weighted by Crippen LogP contribution is 2.22. The van der Waals surface area contributed by atoms with Gasteiger partial charge >= 0.3 is 0 Å². The summed E-state index contributed by atoms with van der Waals surface area (Å²) >= 11 is 0. The molecule has 0 unspecified atom stereocenters. The number of nitrogens with two attached hydrogens (primary N) is 1. The number of halogens is 1. The van der Waals surface area contributed by atoms with Crippen LogP contribution in [0.4, 0.5) is 10.1 Å². The van der Waals surface area contributed by atoms with E-state index < -0.39 is 5.82 Å². The predicted octanol–water partition coefficient (Wildman–Crippen LogP) is 1.35. The molecule has 1 aliphatic heterocycles. The number of benzene rings is 1. The van der Waals surface area contributed by atoms with Crippen LogP contribution in [0, 0.1) is 5.82 Å². The fraction of sp³-hybridized carbons (Fsp3) is 0.364. The van der Waals surface area contributed by atoms with Gasteiger partial charge in [-0.2, -0.15) is 0 Å². The van der Waals surface area contributed by atoms with Gasteiger partial charge in [-0.3, -0.25) is 10.6 Å². The highest BCUT2D eigenvalue weighted by molar-refractivity contribution is 5.99. The lowest BCUT2D eigenvalue weighted by molar-refractivity contribution is 0.0793. The molecule has 0 atom stereocenters. The largest absolute Gasteiger partial charge is 0.339 e. The van der Waals surface area contributed by atoms with E-state index in [1.165, 1.54) is 12.1 Å². The summed E-state index contributed by atoms with van der Waals surface area (Å²) < 4.78 is 13.4. The van der Waals surface area contributed by atoms with Crippen LogP contribution in [0.5, 0.6) is 0 Å². The van der Waals surface area contributed by atoms with Gasteiger partial charge in [0.2, 0.25) is 0 Å². The summed E-state index contributed by atoms with van der Waals surface area (Å²) in [6.07, 6.45) is 2.01. The molecule has 1 aromatic rings. The number of nitrogen functional groups attached to an aromatic ring is 1. The molecule has 0 aliphatic carbocycles. The molecule has 0 spiro atoms. The molecule has 1 aliphatic rings. The van der Waals surface area contributed by atoms with Gasteiger partial charge in [0.25, 0.3) is 5.91 Å². The number of hydrazine groups is 1. The zero-order valence-corrected chi connectivity index (χ0v) is 8.87. The number of carbonyl (C=O) groups excluding carboxylic acids is 1. The third kappa shape index (κ3) is 1.86. The minimum Gasteiger partial charge on any atom is -0.339 e. The fourth-order valence-electron chi connectivity index (χ4n) is 1.94. The van der Waals surface area contributed by atoms with E-state index in [-0.39, 0.29) is 11.6 Å². The van der Waals surface area contributed by atoms with Crippen LogP contribution < -0.4 is 11.3 Å². The van der Waals surface area contributed by atoms with Crippen LogP contribution in [0.3, 0.4) is 0 Å². The molecular formula is C11H14FN3O. The molecule has 16 heavy (non-hydrogen) atoms. The van der Waals surface area contributed by atoms with Crippen LogP contribution in [0.15, 0.2) is 18.2 Å². The lowest BCUT2D eigenvalue weighted by atomic mass is 10.1. The van der Waals surface area contributed by atoms with Crippen molar-refractivity contribution in [1.29, 1.82) is 0 Å². The first kappa shape index (κ1) is 10.9. The molecule has 0 aromatic heterocycles. The standard InChI is InChI=1S/C11H14FN3O/c12-9-5-3-4-8(10(9)14-13)11(16)15-6-1-2-7-15/h3-5,14H,1-2,6-7,13H2. The first-order chi connectivity index (χ1) is 7.74. The average molecular weight is 223 g/mol. The number of rotatable bonds is 2. The Bertz CT molecular complexity index is 402. The quantitative estimate of drug-likeness (QED) is 0.587. The third-order valence-electron chi connectivity index (χ3n) is 2.78. The van der Waals surface area contributed by atoms with E-state index in [1.807, 2.05) is 0 Å². The molecule has 86 valence electrons. The fourth-order valence-corrected chi connectivity index (χ4v) is 1.94. The van der Waals surface area contributed by atoms with Crippen molar-refractivity contribution in [3.05, 3.63) is 29.6 Å². The van der Waals surface area contributed by atoms with Crippen LogP contribution in [0.2, 0.25) is 0 Å². The van der Waals surface area contributed by atoms with Crippen molar-refractivity contribution in [2.24, 2.45) is 5.84 Å². The number of anilines is 1. The summed E-state index contributed by atoms with van der Waals surface area (Å²) in [5, 5.41) is 0. The molecule has 1 saturated heterocycles. The van der Waals surface area contributed by atoms with Crippen LogP contribution in [-0.2, 0) is 0 Å². The van der Waals surface area contributed by atoms with E-state index >= 15 is 0 Å². The number of nitrogens with one attached hydrogen (secondary N) is 1. The second kappa shape index (κ2) is 4.49. The van der Waals surface area contributed by atoms with Gasteiger partial charge in [0.1, 0.15) is 5.82 Å². The minimum absolute atomic E-state index is 0.0689. The van der Waals surface area contributed by atoms with Crippen molar-refractivity contribution in [3.8, 4) is 0 Å². The Labute approximate surface area is 93.2 Å². The number of hydrogen-bond acceptors (Lipinski definition) is 3. The first-order valence-corrected chi connectivity index (χ1v) is 5.28. The molecule has 0 saturated carbocycles. The lowest BCUT2D eigenvalue weighted by Crippen LogP contribution is -2.29. The molecule has 1 amide bonds. The van der Waals surface area contributed by atoms with Gasteiger partial charge in [-0.1, -0.05) is 6.07 Å². The van der Waals surface area contributed by atoms with Crippen LogP contribution in [0.25, 0.3) is 0 Å². The van der Waals surface area contributed by atoms with Crippen molar-refractivity contribution in [1.82, 2.24) is 4.90 Å². The molecule has 1 aromatic carbocycles. The van der Waals surface area contributed by atoms with Gasteiger partial charge in [0.15, 0.2) is 0 Å². The van der Waals surface area contributed by atoms with E-state index in [0.717, 1.165) is 25.9 Å². The Morgan fingerprint density at radius 1 is 1.38 bits per heavy atom. The van der Waals surface area contributed by atoms with Gasteiger partial charge in [-0.05, 0) is 25.0 Å². The van der Waals surface area contributed by atoms with Crippen LogP contribution in [0.1, 0.15) is 23.2 Å². The molecule has 1 fully saturated rings. The Balaban J connectivity index is 2.31. The van der Waals surface area contributed by atoms with Crippen molar-refractivity contribution in [3.63, 3.8) is 0 Å². The van der Waals surface area contributed by atoms with Gasteiger partial charge < -0.3 is 10.3 Å². The maximum Gasteiger partial charge on any atom is 0.256 e. The van der Waals surface area contributed by atoms with Gasteiger partial charge in [0.05, 0.1) is 11.3 Å². The normalized spacial score (nSPS) is 15.2. The molecule has 4 nitrogen and oxygen atoms in total. The number of hydrogen-bond donors (Lipinski definition) is 2. The zero-order valence-electron chi connectivity index (χ0n) is 8.87. The number of amides is 1. The second-order valence-corrected chi connectivity index (χ2v) is 3.81. The summed E-state index contributed by atoms with van der Waals surface area (Å²) in [5.74, 6) is 4.56. The summed E-state index contributed by atoms with van der Waals surface area (Å²) in [7, 11) is 0. The van der Waals surface area contributed by atoms with Crippen LogP contribution in [-0.4, -0.2) is 23.9 Å². The highest BCUT2D eigenvalue weighted by atomic mass is 19.1. The Morgan fingerprint density at radius 2 is 2.06 bits per heavy atom. The van der Waals surface area contributed by atoms with Crippen molar-refractivity contribution in [2.45, 2.75) is 12.8 Å². The smallest absolute Gasteiger partial charge is 0.256 e. The van der Waals surface area contributed by atoms with Crippen molar-refractivity contribution < 1.29 is 9.18 Å². The van der Waals surface area contributed by atoms with Gasteiger partial charge in [-0.25, -0.2) is 4.39 Å². The first-order valence-electron chi connectivity index (χ1n) is 5.28. The predicted molar refractivity (Wildman–Crippen MR) is 59.3 cm³/mol. The van der Waals surface area contributed by atoms with Crippen LogP contribution >= 0.6 is 0 Å². The number of para-hydroxylation sites is 1. The SMILES string of the molecule is NNc1c(F)cccc1C(=O)N1CCCC1. The minimum atomic E-state index is -0.507. The number of likely N-dealkylation sites (tertiary alicyclic amines) is 1. The molecule has 3 N–H and O–H groups in total. The molecular weight excluding hydrogens is 209 g/mol. The van der Waals surface area contributed by atoms with E-state index in [2.05, 4.69) is 5.43 Å². The zero-order chi connectivity index (χ0) is 11.5. The Hall–Kier alpha value is -1.62. The summed E-state index contributed by atoms with van der Waals surface area (Å²) in [5.41, 5.74) is 2.61. The summed E-state index contributed by atoms with van der Waals surface area (Å²) in [4.78, 5) is 13.8. The molecule has 2 rings (SSSR count). The number of nitrogens with zero attached hydrogens (tertiary/aromatic N) is 1. The molecule has 1 heterocycles. The lowest BCUT2D eigenvalue weighted by Gasteiger charge is -2.17. The molecule has 5 heteroatoms. The van der Waals surface area contributed by atoms with E-state index in [9.17, 15) is 9.18 Å². The Kier molecular flexibility index (Phi) is 3.05.